The summed E-state index contributed by atoms with van der Waals surface area (Å²) in [5, 5.41) is 7.30. The van der Waals surface area contributed by atoms with Crippen LogP contribution >= 0.6 is 11.8 Å². The number of aromatic nitrogens is 1. The lowest BCUT2D eigenvalue weighted by molar-refractivity contribution is -0.137. The SMILES string of the molecule is CC(C)CCSc1cc(C(F)(F)F)ccc1CNC(=O)Nc1cccc2cnccc12. The number of hydrogen-bond donors (Lipinski definition) is 2. The molecule has 0 unspecified atom stereocenters. The van der Waals surface area contributed by atoms with Crippen LogP contribution in [0.2, 0.25) is 0 Å². The highest BCUT2D eigenvalue weighted by Crippen LogP contribution is 2.34. The zero-order chi connectivity index (χ0) is 22.4. The van der Waals surface area contributed by atoms with Gasteiger partial charge in [-0.3, -0.25) is 4.98 Å². The number of rotatable bonds is 7. The van der Waals surface area contributed by atoms with E-state index in [0.717, 1.165) is 29.3 Å². The fourth-order valence-corrected chi connectivity index (χ4v) is 4.33. The van der Waals surface area contributed by atoms with Gasteiger partial charge in [-0.25, -0.2) is 4.79 Å². The van der Waals surface area contributed by atoms with Crippen molar-refractivity contribution in [3.63, 3.8) is 0 Å². The number of amides is 2. The molecular weight excluding hydrogens is 423 g/mol. The van der Waals surface area contributed by atoms with Crippen molar-refractivity contribution >= 4 is 34.3 Å². The lowest BCUT2D eigenvalue weighted by Crippen LogP contribution is -2.28. The van der Waals surface area contributed by atoms with Crippen molar-refractivity contribution in [3.05, 3.63) is 66.0 Å². The molecule has 2 amide bonds. The van der Waals surface area contributed by atoms with Crippen LogP contribution in [0, 0.1) is 5.92 Å². The topological polar surface area (TPSA) is 54.0 Å². The first-order chi connectivity index (χ1) is 14.7. The van der Waals surface area contributed by atoms with Crippen molar-refractivity contribution in [3.8, 4) is 0 Å². The molecule has 4 nitrogen and oxygen atoms in total. The van der Waals surface area contributed by atoms with Crippen LogP contribution in [0.3, 0.4) is 0 Å². The maximum absolute atomic E-state index is 13.1. The molecule has 0 saturated heterocycles. The lowest BCUT2D eigenvalue weighted by Gasteiger charge is -2.15. The van der Waals surface area contributed by atoms with Crippen molar-refractivity contribution in [2.75, 3.05) is 11.1 Å². The van der Waals surface area contributed by atoms with Gasteiger partial charge in [0.05, 0.1) is 11.3 Å². The largest absolute Gasteiger partial charge is 0.416 e. The summed E-state index contributed by atoms with van der Waals surface area (Å²) in [5.41, 5.74) is 0.604. The number of nitrogens with zero attached hydrogens (tertiary/aromatic N) is 1. The average Bonchev–Trinajstić information content (AvgIpc) is 2.72. The van der Waals surface area contributed by atoms with Gasteiger partial charge in [-0.05, 0) is 47.9 Å². The number of halogens is 3. The van der Waals surface area contributed by atoms with Gasteiger partial charge in [0.15, 0.2) is 0 Å². The van der Waals surface area contributed by atoms with Gasteiger partial charge >= 0.3 is 12.2 Å². The van der Waals surface area contributed by atoms with Gasteiger partial charge in [-0.1, -0.05) is 32.0 Å². The number of anilines is 1. The van der Waals surface area contributed by atoms with Crippen LogP contribution < -0.4 is 10.6 Å². The van der Waals surface area contributed by atoms with E-state index in [1.54, 1.807) is 18.5 Å². The van der Waals surface area contributed by atoms with Crippen molar-refractivity contribution in [2.45, 2.75) is 37.9 Å². The number of pyridine rings is 1. The van der Waals surface area contributed by atoms with E-state index in [-0.39, 0.29) is 6.54 Å². The van der Waals surface area contributed by atoms with Gasteiger partial charge in [0.1, 0.15) is 0 Å². The third kappa shape index (κ3) is 6.37. The Morgan fingerprint density at radius 1 is 1.16 bits per heavy atom. The molecule has 0 spiro atoms. The van der Waals surface area contributed by atoms with Gasteiger partial charge in [-0.15, -0.1) is 11.8 Å². The zero-order valence-corrected chi connectivity index (χ0v) is 18.1. The van der Waals surface area contributed by atoms with E-state index < -0.39 is 17.8 Å². The molecule has 0 atom stereocenters. The van der Waals surface area contributed by atoms with Crippen molar-refractivity contribution in [1.29, 1.82) is 0 Å². The van der Waals surface area contributed by atoms with E-state index in [2.05, 4.69) is 29.5 Å². The van der Waals surface area contributed by atoms with Gasteiger partial charge in [0, 0.05) is 34.6 Å². The molecule has 1 heterocycles. The Bertz CT molecular complexity index is 1050. The summed E-state index contributed by atoms with van der Waals surface area (Å²) in [6, 6.07) is 10.5. The highest BCUT2D eigenvalue weighted by molar-refractivity contribution is 7.99. The maximum Gasteiger partial charge on any atom is 0.416 e. The normalized spacial score (nSPS) is 11.7. The number of benzene rings is 2. The third-order valence-electron chi connectivity index (χ3n) is 4.72. The summed E-state index contributed by atoms with van der Waals surface area (Å²) in [6.45, 7) is 4.27. The fourth-order valence-electron chi connectivity index (χ4n) is 2.99. The molecule has 31 heavy (non-hydrogen) atoms. The zero-order valence-electron chi connectivity index (χ0n) is 17.3. The standard InChI is InChI=1S/C23H24F3N3OS/c1-15(2)9-11-31-21-12-18(23(24,25)26)7-6-17(21)14-28-22(30)29-20-5-3-4-16-13-27-10-8-19(16)20/h3-8,10,12-13,15H,9,11,14H2,1-2H3,(H2,28,29,30). The van der Waals surface area contributed by atoms with Crippen molar-refractivity contribution in [1.82, 2.24) is 10.3 Å². The summed E-state index contributed by atoms with van der Waals surface area (Å²) in [7, 11) is 0. The summed E-state index contributed by atoms with van der Waals surface area (Å²) in [6.07, 6.45) is -0.153. The number of hydrogen-bond acceptors (Lipinski definition) is 3. The number of alkyl halides is 3. The molecule has 2 N–H and O–H groups in total. The maximum atomic E-state index is 13.1. The second-order valence-electron chi connectivity index (χ2n) is 7.56. The Morgan fingerprint density at radius 2 is 1.97 bits per heavy atom. The molecule has 1 aromatic heterocycles. The molecule has 3 rings (SSSR count). The first-order valence-electron chi connectivity index (χ1n) is 9.94. The van der Waals surface area contributed by atoms with E-state index in [4.69, 9.17) is 0 Å². The molecule has 8 heteroatoms. The lowest BCUT2D eigenvalue weighted by atomic mass is 10.1. The highest BCUT2D eigenvalue weighted by Gasteiger charge is 2.31. The first kappa shape index (κ1) is 22.9. The van der Waals surface area contributed by atoms with Crippen molar-refractivity contribution < 1.29 is 18.0 Å². The summed E-state index contributed by atoms with van der Waals surface area (Å²) < 4.78 is 39.4. The number of urea groups is 1. The Hall–Kier alpha value is -2.74. The summed E-state index contributed by atoms with van der Waals surface area (Å²) in [4.78, 5) is 17.0. The molecule has 0 fully saturated rings. The van der Waals surface area contributed by atoms with E-state index in [9.17, 15) is 18.0 Å². The summed E-state index contributed by atoms with van der Waals surface area (Å²) >= 11 is 1.38. The molecular formula is C23H24F3N3OS. The Labute approximate surface area is 183 Å². The van der Waals surface area contributed by atoms with Gasteiger partial charge < -0.3 is 10.6 Å². The quantitative estimate of drug-likeness (QED) is 0.396. The molecule has 0 aliphatic rings. The number of nitrogens with one attached hydrogen (secondary N) is 2. The third-order valence-corrected chi connectivity index (χ3v) is 5.85. The predicted molar refractivity (Wildman–Crippen MR) is 119 cm³/mol. The monoisotopic (exact) mass is 447 g/mol. The van der Waals surface area contributed by atoms with E-state index >= 15 is 0 Å². The summed E-state index contributed by atoms with van der Waals surface area (Å²) in [5.74, 6) is 1.17. The number of carbonyl (C=O) groups excluding carboxylic acids is 1. The van der Waals surface area contributed by atoms with Crippen LogP contribution in [0.4, 0.5) is 23.7 Å². The minimum absolute atomic E-state index is 0.125. The molecule has 3 aromatic rings. The molecule has 0 aliphatic carbocycles. The molecule has 0 aliphatic heterocycles. The van der Waals surface area contributed by atoms with Crippen LogP contribution in [0.5, 0.6) is 0 Å². The van der Waals surface area contributed by atoms with Gasteiger partial charge in [0.25, 0.3) is 0 Å². The Balaban J connectivity index is 1.71. The van der Waals surface area contributed by atoms with E-state index in [0.29, 0.717) is 27.8 Å². The second kappa shape index (κ2) is 10.0. The molecule has 164 valence electrons. The van der Waals surface area contributed by atoms with E-state index in [1.165, 1.54) is 17.8 Å². The van der Waals surface area contributed by atoms with Crippen molar-refractivity contribution in [2.24, 2.45) is 5.92 Å². The fraction of sp³-hybridized carbons (Fsp3) is 0.304. The Kier molecular flexibility index (Phi) is 7.43. The van der Waals surface area contributed by atoms with Crippen LogP contribution in [-0.4, -0.2) is 16.8 Å². The minimum atomic E-state index is -4.40. The molecule has 0 saturated carbocycles. The number of thioether (sulfide) groups is 1. The van der Waals surface area contributed by atoms with Gasteiger partial charge in [-0.2, -0.15) is 13.2 Å². The highest BCUT2D eigenvalue weighted by atomic mass is 32.2. The average molecular weight is 448 g/mol. The van der Waals surface area contributed by atoms with E-state index in [1.807, 2.05) is 18.2 Å². The smallest absolute Gasteiger partial charge is 0.334 e. The molecule has 2 aromatic carbocycles. The molecule has 0 radical (unpaired) electrons. The minimum Gasteiger partial charge on any atom is -0.334 e. The predicted octanol–water partition coefficient (Wildman–Crippen LogP) is 6.71. The Morgan fingerprint density at radius 3 is 2.71 bits per heavy atom. The van der Waals surface area contributed by atoms with Crippen LogP contribution in [-0.2, 0) is 12.7 Å². The van der Waals surface area contributed by atoms with Crippen LogP contribution in [0.15, 0.2) is 59.8 Å². The molecule has 0 bridgehead atoms. The van der Waals surface area contributed by atoms with Crippen LogP contribution in [0.1, 0.15) is 31.4 Å². The second-order valence-corrected chi connectivity index (χ2v) is 8.70. The first-order valence-corrected chi connectivity index (χ1v) is 10.9. The number of carbonyl (C=O) groups is 1. The number of fused-ring (bicyclic) bond motifs is 1. The van der Waals surface area contributed by atoms with Crippen LogP contribution in [0.25, 0.3) is 10.8 Å². The van der Waals surface area contributed by atoms with Gasteiger partial charge in [0.2, 0.25) is 0 Å².